The van der Waals surface area contributed by atoms with Crippen LogP contribution in [0.1, 0.15) is 39.6 Å². The summed E-state index contributed by atoms with van der Waals surface area (Å²) in [5, 5.41) is 14.1. The molecule has 0 bridgehead atoms. The van der Waals surface area contributed by atoms with Crippen molar-refractivity contribution in [3.8, 4) is 0 Å². The Bertz CT molecular complexity index is 801. The third-order valence-corrected chi connectivity index (χ3v) is 4.38. The maximum absolute atomic E-state index is 13.0. The standard InChI is InChI=1S/C17H18F3N3O2/c1-10-14(9-22(2)21-10)16(25)23-8-13(24)7-15(23)11-4-3-5-12(6-11)17(18,19)20/h3-6,9,13,15,24H,7-8H2,1-2H3. The summed E-state index contributed by atoms with van der Waals surface area (Å²) in [6, 6.07) is 4.30. The lowest BCUT2D eigenvalue weighted by molar-refractivity contribution is -0.137. The van der Waals surface area contributed by atoms with Crippen molar-refractivity contribution in [1.29, 1.82) is 0 Å². The van der Waals surface area contributed by atoms with E-state index in [1.807, 2.05) is 0 Å². The van der Waals surface area contributed by atoms with Gasteiger partial charge in [0.2, 0.25) is 0 Å². The number of aliphatic hydroxyl groups is 1. The molecule has 0 saturated carbocycles. The predicted molar refractivity (Wildman–Crippen MR) is 83.8 cm³/mol. The highest BCUT2D eigenvalue weighted by Gasteiger charge is 2.38. The van der Waals surface area contributed by atoms with Crippen LogP contribution in [0.2, 0.25) is 0 Å². The molecule has 2 aromatic rings. The topological polar surface area (TPSA) is 58.4 Å². The van der Waals surface area contributed by atoms with Crippen LogP contribution in [0.4, 0.5) is 13.2 Å². The minimum absolute atomic E-state index is 0.0775. The molecule has 25 heavy (non-hydrogen) atoms. The van der Waals surface area contributed by atoms with Crippen molar-refractivity contribution < 1.29 is 23.1 Å². The van der Waals surface area contributed by atoms with Gasteiger partial charge in [0.1, 0.15) is 0 Å². The van der Waals surface area contributed by atoms with E-state index >= 15 is 0 Å². The number of nitrogens with zero attached hydrogens (tertiary/aromatic N) is 3. The van der Waals surface area contributed by atoms with Gasteiger partial charge in [-0.3, -0.25) is 9.48 Å². The van der Waals surface area contributed by atoms with Crippen LogP contribution >= 0.6 is 0 Å². The second kappa shape index (κ2) is 6.18. The van der Waals surface area contributed by atoms with Crippen LogP contribution in [-0.4, -0.2) is 38.3 Å². The molecular weight excluding hydrogens is 335 g/mol. The summed E-state index contributed by atoms with van der Waals surface area (Å²) >= 11 is 0. The van der Waals surface area contributed by atoms with E-state index in [2.05, 4.69) is 5.10 Å². The van der Waals surface area contributed by atoms with Crippen LogP contribution in [0.3, 0.4) is 0 Å². The van der Waals surface area contributed by atoms with Crippen LogP contribution in [-0.2, 0) is 13.2 Å². The van der Waals surface area contributed by atoms with Gasteiger partial charge in [0, 0.05) is 19.8 Å². The van der Waals surface area contributed by atoms with Gasteiger partial charge in [0.05, 0.1) is 29.0 Å². The molecule has 1 N–H and O–H groups in total. The normalized spacial score (nSPS) is 21.0. The zero-order valence-electron chi connectivity index (χ0n) is 13.8. The Morgan fingerprint density at radius 2 is 2.08 bits per heavy atom. The SMILES string of the molecule is Cc1nn(C)cc1C(=O)N1CC(O)CC1c1cccc(C(F)(F)F)c1. The summed E-state index contributed by atoms with van der Waals surface area (Å²) < 4.78 is 40.4. The number of carbonyl (C=O) groups is 1. The highest BCUT2D eigenvalue weighted by Crippen LogP contribution is 2.37. The van der Waals surface area contributed by atoms with Crippen molar-refractivity contribution in [2.75, 3.05) is 6.54 Å². The van der Waals surface area contributed by atoms with Gasteiger partial charge < -0.3 is 10.0 Å². The Kier molecular flexibility index (Phi) is 4.32. The van der Waals surface area contributed by atoms with E-state index in [1.54, 1.807) is 26.2 Å². The van der Waals surface area contributed by atoms with Crippen LogP contribution in [0, 0.1) is 6.92 Å². The lowest BCUT2D eigenvalue weighted by atomic mass is 10.0. The van der Waals surface area contributed by atoms with Crippen molar-refractivity contribution in [3.63, 3.8) is 0 Å². The van der Waals surface area contributed by atoms with Crippen molar-refractivity contribution in [3.05, 3.63) is 52.8 Å². The summed E-state index contributed by atoms with van der Waals surface area (Å²) in [5.74, 6) is -0.343. The van der Waals surface area contributed by atoms with Gasteiger partial charge in [-0.2, -0.15) is 18.3 Å². The number of amides is 1. The maximum Gasteiger partial charge on any atom is 0.416 e. The van der Waals surface area contributed by atoms with Gasteiger partial charge in [0.15, 0.2) is 0 Å². The van der Waals surface area contributed by atoms with Gasteiger partial charge in [-0.25, -0.2) is 0 Å². The summed E-state index contributed by atoms with van der Waals surface area (Å²) in [7, 11) is 1.69. The predicted octanol–water partition coefficient (Wildman–Crippen LogP) is 2.70. The van der Waals surface area contributed by atoms with E-state index in [9.17, 15) is 23.1 Å². The number of rotatable bonds is 2. The number of aryl methyl sites for hydroxylation is 2. The molecule has 2 heterocycles. The molecule has 1 amide bonds. The lowest BCUT2D eigenvalue weighted by Gasteiger charge is -2.25. The first-order valence-corrected chi connectivity index (χ1v) is 7.83. The Morgan fingerprint density at radius 3 is 2.68 bits per heavy atom. The molecule has 1 saturated heterocycles. The van der Waals surface area contributed by atoms with E-state index in [0.29, 0.717) is 16.8 Å². The zero-order valence-corrected chi connectivity index (χ0v) is 13.8. The summed E-state index contributed by atoms with van der Waals surface area (Å²) in [4.78, 5) is 14.3. The molecular formula is C17H18F3N3O2. The van der Waals surface area contributed by atoms with E-state index < -0.39 is 23.9 Å². The minimum atomic E-state index is -4.46. The second-order valence-corrected chi connectivity index (χ2v) is 6.29. The molecule has 1 aliphatic heterocycles. The van der Waals surface area contributed by atoms with Crippen LogP contribution in [0.15, 0.2) is 30.5 Å². The first kappa shape index (κ1) is 17.5. The van der Waals surface area contributed by atoms with E-state index in [0.717, 1.165) is 12.1 Å². The Hall–Kier alpha value is -2.35. The van der Waals surface area contributed by atoms with Gasteiger partial charge in [-0.1, -0.05) is 12.1 Å². The first-order chi connectivity index (χ1) is 11.7. The van der Waals surface area contributed by atoms with Crippen molar-refractivity contribution >= 4 is 5.91 Å². The van der Waals surface area contributed by atoms with E-state index in [-0.39, 0.29) is 18.9 Å². The maximum atomic E-state index is 13.0. The van der Waals surface area contributed by atoms with Crippen molar-refractivity contribution in [2.45, 2.75) is 31.7 Å². The number of halogens is 3. The monoisotopic (exact) mass is 353 g/mol. The fourth-order valence-electron chi connectivity index (χ4n) is 3.24. The average molecular weight is 353 g/mol. The molecule has 1 aliphatic rings. The molecule has 8 heteroatoms. The smallest absolute Gasteiger partial charge is 0.391 e. The molecule has 134 valence electrons. The van der Waals surface area contributed by atoms with Gasteiger partial charge in [0.25, 0.3) is 5.91 Å². The summed E-state index contributed by atoms with van der Waals surface area (Å²) in [5.41, 5.74) is 0.517. The average Bonchev–Trinajstić information content (AvgIpc) is 3.08. The molecule has 1 aromatic heterocycles. The summed E-state index contributed by atoms with van der Waals surface area (Å²) in [6.07, 6.45) is -3.46. The molecule has 3 rings (SSSR count). The Morgan fingerprint density at radius 1 is 1.36 bits per heavy atom. The molecule has 1 fully saturated rings. The molecule has 0 aliphatic carbocycles. The van der Waals surface area contributed by atoms with Gasteiger partial charge in [-0.15, -0.1) is 0 Å². The quantitative estimate of drug-likeness (QED) is 0.903. The fourth-order valence-corrected chi connectivity index (χ4v) is 3.24. The van der Waals surface area contributed by atoms with E-state index in [1.165, 1.54) is 15.6 Å². The number of carbonyl (C=O) groups excluding carboxylic acids is 1. The van der Waals surface area contributed by atoms with E-state index in [4.69, 9.17) is 0 Å². The van der Waals surface area contributed by atoms with Crippen molar-refractivity contribution in [2.24, 2.45) is 7.05 Å². The number of benzene rings is 1. The third kappa shape index (κ3) is 3.39. The number of hydrogen-bond donors (Lipinski definition) is 1. The summed E-state index contributed by atoms with van der Waals surface area (Å²) in [6.45, 7) is 1.77. The largest absolute Gasteiger partial charge is 0.416 e. The zero-order chi connectivity index (χ0) is 18.4. The van der Waals surface area contributed by atoms with Crippen molar-refractivity contribution in [1.82, 2.24) is 14.7 Å². The Balaban J connectivity index is 1.95. The highest BCUT2D eigenvalue weighted by molar-refractivity contribution is 5.95. The molecule has 0 spiro atoms. The fraction of sp³-hybridized carbons (Fsp3) is 0.412. The number of likely N-dealkylation sites (tertiary alicyclic amines) is 1. The lowest BCUT2D eigenvalue weighted by Crippen LogP contribution is -2.32. The van der Waals surface area contributed by atoms with Gasteiger partial charge >= 0.3 is 6.18 Å². The first-order valence-electron chi connectivity index (χ1n) is 7.83. The van der Waals surface area contributed by atoms with Gasteiger partial charge in [-0.05, 0) is 31.0 Å². The number of β-amino-alcohol motifs (C(OH)–C–C–N with tert-alkyl or cyclic N) is 1. The molecule has 0 radical (unpaired) electrons. The van der Waals surface area contributed by atoms with Crippen LogP contribution in [0.25, 0.3) is 0 Å². The second-order valence-electron chi connectivity index (χ2n) is 6.29. The molecule has 5 nitrogen and oxygen atoms in total. The molecule has 2 unspecified atom stereocenters. The van der Waals surface area contributed by atoms with Crippen LogP contribution < -0.4 is 0 Å². The third-order valence-electron chi connectivity index (χ3n) is 4.38. The number of aromatic nitrogens is 2. The number of hydrogen-bond acceptors (Lipinski definition) is 3. The Labute approximate surface area is 142 Å². The minimum Gasteiger partial charge on any atom is -0.391 e. The van der Waals surface area contributed by atoms with Crippen LogP contribution in [0.5, 0.6) is 0 Å². The highest BCUT2D eigenvalue weighted by atomic mass is 19.4. The molecule has 2 atom stereocenters. The number of aliphatic hydroxyl groups excluding tert-OH is 1. The molecule has 1 aromatic carbocycles. The number of alkyl halides is 3.